The molecular weight excluding hydrogens is 400 g/mol. The molecule has 0 saturated heterocycles. The van der Waals surface area contributed by atoms with E-state index in [1.54, 1.807) is 19.2 Å². The van der Waals surface area contributed by atoms with Gasteiger partial charge in [-0.05, 0) is 47.9 Å². The molecule has 0 bridgehead atoms. The Morgan fingerprint density at radius 2 is 1.71 bits per heavy atom. The molecule has 3 aromatic carbocycles. The lowest BCUT2D eigenvalue weighted by Crippen LogP contribution is -2.03. The van der Waals surface area contributed by atoms with Crippen LogP contribution in [0.1, 0.15) is 16.7 Å². The van der Waals surface area contributed by atoms with Gasteiger partial charge in [-0.1, -0.05) is 47.5 Å². The van der Waals surface area contributed by atoms with Crippen molar-refractivity contribution in [2.75, 3.05) is 12.4 Å². The maximum absolute atomic E-state index is 13.3. The first-order valence-electron chi connectivity index (χ1n) is 8.70. The molecule has 0 spiro atoms. The van der Waals surface area contributed by atoms with Crippen LogP contribution in [0.2, 0.25) is 10.0 Å². The molecular formula is C22H20Cl2FNO2. The van der Waals surface area contributed by atoms with Gasteiger partial charge in [0, 0.05) is 23.3 Å². The summed E-state index contributed by atoms with van der Waals surface area (Å²) in [5.74, 6) is 0.707. The van der Waals surface area contributed by atoms with E-state index in [2.05, 4.69) is 5.32 Å². The number of anilines is 1. The first-order chi connectivity index (χ1) is 13.5. The van der Waals surface area contributed by atoms with Crippen molar-refractivity contribution in [3.05, 3.63) is 87.2 Å². The lowest BCUT2D eigenvalue weighted by atomic mass is 10.1. The van der Waals surface area contributed by atoms with Crippen LogP contribution in [-0.4, -0.2) is 7.11 Å². The molecule has 3 nitrogen and oxygen atoms in total. The SMILES string of the molecule is COc1cc(CNc2ccc(F)c(Cl)c2)c(Cl)cc1OCc1ccccc1C. The van der Waals surface area contributed by atoms with E-state index < -0.39 is 5.82 Å². The monoisotopic (exact) mass is 419 g/mol. The summed E-state index contributed by atoms with van der Waals surface area (Å²) in [6.45, 7) is 2.89. The van der Waals surface area contributed by atoms with E-state index in [1.807, 2.05) is 37.3 Å². The van der Waals surface area contributed by atoms with Crippen LogP contribution in [0.15, 0.2) is 54.6 Å². The highest BCUT2D eigenvalue weighted by Gasteiger charge is 2.12. The van der Waals surface area contributed by atoms with Crippen molar-refractivity contribution in [1.82, 2.24) is 0 Å². The minimum absolute atomic E-state index is 0.0635. The Labute approximate surface area is 174 Å². The average Bonchev–Trinajstić information content (AvgIpc) is 2.69. The predicted molar refractivity (Wildman–Crippen MR) is 112 cm³/mol. The molecule has 3 aromatic rings. The number of ether oxygens (including phenoxy) is 2. The third kappa shape index (κ3) is 4.89. The van der Waals surface area contributed by atoms with E-state index in [1.165, 1.54) is 12.1 Å². The molecule has 0 aromatic heterocycles. The summed E-state index contributed by atoms with van der Waals surface area (Å²) in [6.07, 6.45) is 0. The number of methoxy groups -OCH3 is 1. The molecule has 0 heterocycles. The zero-order chi connectivity index (χ0) is 20.1. The summed E-state index contributed by atoms with van der Waals surface area (Å²) in [7, 11) is 1.58. The lowest BCUT2D eigenvalue weighted by Gasteiger charge is -2.15. The molecule has 0 saturated carbocycles. The zero-order valence-corrected chi connectivity index (χ0v) is 17.1. The third-order valence-corrected chi connectivity index (χ3v) is 5.02. The summed E-state index contributed by atoms with van der Waals surface area (Å²) < 4.78 is 24.7. The summed E-state index contributed by atoms with van der Waals surface area (Å²) in [5.41, 5.74) is 3.77. The van der Waals surface area contributed by atoms with Crippen molar-refractivity contribution in [3.8, 4) is 11.5 Å². The van der Waals surface area contributed by atoms with Gasteiger partial charge in [0.25, 0.3) is 0 Å². The lowest BCUT2D eigenvalue weighted by molar-refractivity contribution is 0.284. The normalized spacial score (nSPS) is 10.6. The van der Waals surface area contributed by atoms with Crippen LogP contribution in [0, 0.1) is 12.7 Å². The van der Waals surface area contributed by atoms with E-state index in [0.29, 0.717) is 35.4 Å². The molecule has 0 radical (unpaired) electrons. The fourth-order valence-corrected chi connectivity index (χ4v) is 3.12. The molecule has 28 heavy (non-hydrogen) atoms. The maximum atomic E-state index is 13.3. The Morgan fingerprint density at radius 1 is 0.929 bits per heavy atom. The van der Waals surface area contributed by atoms with Gasteiger partial charge in [-0.15, -0.1) is 0 Å². The van der Waals surface area contributed by atoms with Crippen molar-refractivity contribution in [3.63, 3.8) is 0 Å². The first kappa shape index (κ1) is 20.3. The zero-order valence-electron chi connectivity index (χ0n) is 15.6. The largest absolute Gasteiger partial charge is 0.493 e. The third-order valence-electron chi connectivity index (χ3n) is 4.38. The molecule has 1 N–H and O–H groups in total. The minimum Gasteiger partial charge on any atom is -0.493 e. The summed E-state index contributed by atoms with van der Waals surface area (Å²) >= 11 is 12.2. The molecule has 0 fully saturated rings. The second-order valence-electron chi connectivity index (χ2n) is 6.29. The molecule has 0 aliphatic rings. The summed E-state index contributed by atoms with van der Waals surface area (Å²) in [4.78, 5) is 0. The van der Waals surface area contributed by atoms with Crippen LogP contribution in [0.3, 0.4) is 0 Å². The van der Waals surface area contributed by atoms with E-state index in [0.717, 1.165) is 16.7 Å². The number of aryl methyl sites for hydroxylation is 1. The highest BCUT2D eigenvalue weighted by Crippen LogP contribution is 2.34. The number of hydrogen-bond acceptors (Lipinski definition) is 3. The molecule has 146 valence electrons. The second kappa shape index (κ2) is 9.18. The van der Waals surface area contributed by atoms with Gasteiger partial charge in [-0.3, -0.25) is 0 Å². The van der Waals surface area contributed by atoms with Crippen molar-refractivity contribution in [2.45, 2.75) is 20.1 Å². The Morgan fingerprint density at radius 3 is 2.43 bits per heavy atom. The summed E-state index contributed by atoms with van der Waals surface area (Å²) in [5, 5.41) is 3.78. The minimum atomic E-state index is -0.456. The Hall–Kier alpha value is -2.43. The fraction of sp³-hybridized carbons (Fsp3) is 0.182. The molecule has 0 unspecified atom stereocenters. The van der Waals surface area contributed by atoms with Gasteiger partial charge in [-0.2, -0.15) is 0 Å². The van der Waals surface area contributed by atoms with Crippen LogP contribution in [0.4, 0.5) is 10.1 Å². The molecule has 0 aliphatic heterocycles. The van der Waals surface area contributed by atoms with Crippen LogP contribution in [0.5, 0.6) is 11.5 Å². The number of hydrogen-bond donors (Lipinski definition) is 1. The number of nitrogens with one attached hydrogen (secondary N) is 1. The molecule has 6 heteroatoms. The van der Waals surface area contributed by atoms with E-state index in [-0.39, 0.29) is 5.02 Å². The smallest absolute Gasteiger partial charge is 0.163 e. The standard InChI is InChI=1S/C22H20Cl2FNO2/c1-14-5-3-4-6-15(14)13-28-22-11-18(23)16(9-21(22)27-2)12-26-17-7-8-20(25)19(24)10-17/h3-11,26H,12-13H2,1-2H3. The van der Waals surface area contributed by atoms with Crippen molar-refractivity contribution in [2.24, 2.45) is 0 Å². The molecule has 0 amide bonds. The Balaban J connectivity index is 1.73. The van der Waals surface area contributed by atoms with E-state index >= 15 is 0 Å². The second-order valence-corrected chi connectivity index (χ2v) is 7.11. The number of halogens is 3. The van der Waals surface area contributed by atoms with E-state index in [9.17, 15) is 4.39 Å². The topological polar surface area (TPSA) is 30.5 Å². The van der Waals surface area contributed by atoms with Crippen LogP contribution >= 0.6 is 23.2 Å². The van der Waals surface area contributed by atoms with Crippen LogP contribution in [0.25, 0.3) is 0 Å². The number of benzene rings is 3. The average molecular weight is 420 g/mol. The highest BCUT2D eigenvalue weighted by molar-refractivity contribution is 6.31. The quantitative estimate of drug-likeness (QED) is 0.465. The van der Waals surface area contributed by atoms with Gasteiger partial charge < -0.3 is 14.8 Å². The fourth-order valence-electron chi connectivity index (χ4n) is 2.72. The van der Waals surface area contributed by atoms with Crippen molar-refractivity contribution in [1.29, 1.82) is 0 Å². The first-order valence-corrected chi connectivity index (χ1v) is 9.46. The molecule has 3 rings (SSSR count). The van der Waals surface area contributed by atoms with Gasteiger partial charge in [0.1, 0.15) is 12.4 Å². The van der Waals surface area contributed by atoms with Gasteiger partial charge in [0.05, 0.1) is 12.1 Å². The van der Waals surface area contributed by atoms with Gasteiger partial charge in [0.15, 0.2) is 11.5 Å². The summed E-state index contributed by atoms with van der Waals surface area (Å²) in [6, 6.07) is 16.1. The maximum Gasteiger partial charge on any atom is 0.163 e. The highest BCUT2D eigenvalue weighted by atomic mass is 35.5. The van der Waals surface area contributed by atoms with Crippen LogP contribution in [-0.2, 0) is 13.2 Å². The molecule has 0 atom stereocenters. The van der Waals surface area contributed by atoms with Gasteiger partial charge in [-0.25, -0.2) is 4.39 Å². The van der Waals surface area contributed by atoms with Gasteiger partial charge in [0.2, 0.25) is 0 Å². The van der Waals surface area contributed by atoms with Gasteiger partial charge >= 0.3 is 0 Å². The predicted octanol–water partition coefficient (Wildman–Crippen LogP) is 6.64. The number of rotatable bonds is 7. The Kier molecular flexibility index (Phi) is 6.65. The Bertz CT molecular complexity index is 979. The van der Waals surface area contributed by atoms with Crippen molar-refractivity contribution < 1.29 is 13.9 Å². The van der Waals surface area contributed by atoms with E-state index in [4.69, 9.17) is 32.7 Å². The van der Waals surface area contributed by atoms with Crippen molar-refractivity contribution >= 4 is 28.9 Å². The molecule has 0 aliphatic carbocycles. The van der Waals surface area contributed by atoms with Crippen LogP contribution < -0.4 is 14.8 Å².